The second-order valence-electron chi connectivity index (χ2n) is 5.23. The third-order valence-corrected chi connectivity index (χ3v) is 3.95. The lowest BCUT2D eigenvalue weighted by Crippen LogP contribution is -2.19. The molecule has 0 aromatic heterocycles. The molecule has 1 unspecified atom stereocenters. The molecular formula is C18H22BrNO. The summed E-state index contributed by atoms with van der Waals surface area (Å²) in [4.78, 5) is 0. The predicted molar refractivity (Wildman–Crippen MR) is 92.1 cm³/mol. The molecule has 0 fully saturated rings. The van der Waals surface area contributed by atoms with Crippen LogP contribution in [0.5, 0.6) is 11.5 Å². The number of hydrogen-bond donors (Lipinski definition) is 1. The van der Waals surface area contributed by atoms with Gasteiger partial charge in [-0.25, -0.2) is 0 Å². The molecule has 112 valence electrons. The van der Waals surface area contributed by atoms with Crippen molar-refractivity contribution in [3.8, 4) is 11.5 Å². The van der Waals surface area contributed by atoms with E-state index in [1.54, 1.807) is 0 Å². The van der Waals surface area contributed by atoms with Crippen molar-refractivity contribution in [2.24, 2.45) is 0 Å². The molecule has 3 heteroatoms. The van der Waals surface area contributed by atoms with Gasteiger partial charge in [0.15, 0.2) is 0 Å². The Kier molecular flexibility index (Phi) is 5.83. The summed E-state index contributed by atoms with van der Waals surface area (Å²) in [5.41, 5.74) is 2.31. The fourth-order valence-corrected chi connectivity index (χ4v) is 2.55. The monoisotopic (exact) mass is 347 g/mol. The summed E-state index contributed by atoms with van der Waals surface area (Å²) in [5, 5.41) is 3.51. The average molecular weight is 348 g/mol. The van der Waals surface area contributed by atoms with Crippen LogP contribution in [0.2, 0.25) is 0 Å². The van der Waals surface area contributed by atoms with Crippen LogP contribution in [0.1, 0.15) is 37.4 Å². The van der Waals surface area contributed by atoms with Gasteiger partial charge in [-0.05, 0) is 50.6 Å². The maximum atomic E-state index is 6.15. The quantitative estimate of drug-likeness (QED) is 0.733. The Labute approximate surface area is 135 Å². The second kappa shape index (κ2) is 7.62. The molecule has 0 spiro atoms. The van der Waals surface area contributed by atoms with Crippen molar-refractivity contribution in [1.29, 1.82) is 0 Å². The highest BCUT2D eigenvalue weighted by atomic mass is 79.9. The van der Waals surface area contributed by atoms with Gasteiger partial charge < -0.3 is 10.1 Å². The minimum Gasteiger partial charge on any atom is -0.457 e. The van der Waals surface area contributed by atoms with Crippen LogP contribution in [0.4, 0.5) is 0 Å². The highest BCUT2D eigenvalue weighted by Crippen LogP contribution is 2.33. The van der Waals surface area contributed by atoms with E-state index in [0.717, 1.165) is 34.5 Å². The molecule has 0 aliphatic carbocycles. The molecule has 21 heavy (non-hydrogen) atoms. The number of nitrogens with one attached hydrogen (secondary N) is 1. The van der Waals surface area contributed by atoms with Gasteiger partial charge >= 0.3 is 0 Å². The fraction of sp³-hybridized carbons (Fsp3) is 0.333. The summed E-state index contributed by atoms with van der Waals surface area (Å²) < 4.78 is 7.18. The van der Waals surface area contributed by atoms with E-state index in [2.05, 4.69) is 60.2 Å². The SMILES string of the molecule is CCCNC(C)c1ccc(Br)cc1Oc1ccccc1C. The summed E-state index contributed by atoms with van der Waals surface area (Å²) in [6.07, 6.45) is 1.12. The van der Waals surface area contributed by atoms with E-state index in [9.17, 15) is 0 Å². The van der Waals surface area contributed by atoms with Gasteiger partial charge in [-0.3, -0.25) is 0 Å². The second-order valence-corrected chi connectivity index (χ2v) is 6.14. The number of benzene rings is 2. The van der Waals surface area contributed by atoms with Crippen LogP contribution in [0.25, 0.3) is 0 Å². The summed E-state index contributed by atoms with van der Waals surface area (Å²) >= 11 is 3.53. The molecule has 1 atom stereocenters. The van der Waals surface area contributed by atoms with Gasteiger partial charge in [0, 0.05) is 16.1 Å². The molecule has 2 aromatic rings. The molecule has 2 aromatic carbocycles. The average Bonchev–Trinajstić information content (AvgIpc) is 2.47. The topological polar surface area (TPSA) is 21.3 Å². The van der Waals surface area contributed by atoms with Crippen molar-refractivity contribution in [2.45, 2.75) is 33.2 Å². The van der Waals surface area contributed by atoms with Crippen LogP contribution >= 0.6 is 15.9 Å². The van der Waals surface area contributed by atoms with Crippen LogP contribution in [0.3, 0.4) is 0 Å². The lowest BCUT2D eigenvalue weighted by molar-refractivity contribution is 0.457. The first-order valence-electron chi connectivity index (χ1n) is 7.38. The van der Waals surface area contributed by atoms with Crippen molar-refractivity contribution >= 4 is 15.9 Å². The van der Waals surface area contributed by atoms with Crippen LogP contribution in [0.15, 0.2) is 46.9 Å². The third kappa shape index (κ3) is 4.32. The van der Waals surface area contributed by atoms with Crippen LogP contribution < -0.4 is 10.1 Å². The lowest BCUT2D eigenvalue weighted by Gasteiger charge is -2.19. The third-order valence-electron chi connectivity index (χ3n) is 3.46. The van der Waals surface area contributed by atoms with E-state index < -0.39 is 0 Å². The predicted octanol–water partition coefficient (Wildman–Crippen LogP) is 5.61. The van der Waals surface area contributed by atoms with Crippen molar-refractivity contribution < 1.29 is 4.74 Å². The van der Waals surface area contributed by atoms with Gasteiger partial charge in [0.1, 0.15) is 11.5 Å². The molecule has 0 bridgehead atoms. The Morgan fingerprint density at radius 1 is 1.14 bits per heavy atom. The molecule has 0 heterocycles. The lowest BCUT2D eigenvalue weighted by atomic mass is 10.1. The van der Waals surface area contributed by atoms with E-state index in [0.29, 0.717) is 0 Å². The number of hydrogen-bond acceptors (Lipinski definition) is 2. The van der Waals surface area contributed by atoms with E-state index >= 15 is 0 Å². The maximum absolute atomic E-state index is 6.15. The normalized spacial score (nSPS) is 12.2. The zero-order valence-electron chi connectivity index (χ0n) is 12.8. The van der Waals surface area contributed by atoms with E-state index in [-0.39, 0.29) is 6.04 Å². The molecule has 2 nitrogen and oxygen atoms in total. The van der Waals surface area contributed by atoms with Gasteiger partial charge in [-0.2, -0.15) is 0 Å². The molecule has 0 amide bonds. The zero-order chi connectivity index (χ0) is 15.2. The Balaban J connectivity index is 2.29. The van der Waals surface area contributed by atoms with Crippen LogP contribution in [-0.4, -0.2) is 6.54 Å². The van der Waals surface area contributed by atoms with E-state index in [4.69, 9.17) is 4.74 Å². The minimum absolute atomic E-state index is 0.261. The Bertz CT molecular complexity index is 598. The van der Waals surface area contributed by atoms with Crippen molar-refractivity contribution in [1.82, 2.24) is 5.32 Å². The van der Waals surface area contributed by atoms with Crippen LogP contribution in [-0.2, 0) is 0 Å². The van der Waals surface area contributed by atoms with Gasteiger partial charge in [0.25, 0.3) is 0 Å². The molecule has 0 saturated carbocycles. The Morgan fingerprint density at radius 3 is 2.62 bits per heavy atom. The summed E-state index contributed by atoms with van der Waals surface area (Å²) in [6, 6.07) is 14.6. The van der Waals surface area contributed by atoms with Gasteiger partial charge in [0.2, 0.25) is 0 Å². The number of rotatable bonds is 6. The summed E-state index contributed by atoms with van der Waals surface area (Å²) in [5.74, 6) is 1.80. The molecule has 0 radical (unpaired) electrons. The summed E-state index contributed by atoms with van der Waals surface area (Å²) in [7, 11) is 0. The number of halogens is 1. The largest absolute Gasteiger partial charge is 0.457 e. The Morgan fingerprint density at radius 2 is 1.90 bits per heavy atom. The van der Waals surface area contributed by atoms with Crippen molar-refractivity contribution in [3.63, 3.8) is 0 Å². The fourth-order valence-electron chi connectivity index (χ4n) is 2.21. The minimum atomic E-state index is 0.261. The Hall–Kier alpha value is -1.32. The first kappa shape index (κ1) is 16.1. The zero-order valence-corrected chi connectivity index (χ0v) is 14.4. The highest BCUT2D eigenvalue weighted by Gasteiger charge is 2.13. The summed E-state index contributed by atoms with van der Waals surface area (Å²) in [6.45, 7) is 7.41. The van der Waals surface area contributed by atoms with Gasteiger partial charge in [0.05, 0.1) is 0 Å². The maximum Gasteiger partial charge on any atom is 0.133 e. The smallest absolute Gasteiger partial charge is 0.133 e. The van der Waals surface area contributed by atoms with Gasteiger partial charge in [-0.15, -0.1) is 0 Å². The number of ether oxygens (including phenoxy) is 1. The first-order chi connectivity index (χ1) is 10.1. The molecule has 1 N–H and O–H groups in total. The molecule has 0 aliphatic heterocycles. The van der Waals surface area contributed by atoms with E-state index in [1.807, 2.05) is 24.3 Å². The highest BCUT2D eigenvalue weighted by molar-refractivity contribution is 9.10. The molecule has 0 aliphatic rings. The molecule has 2 rings (SSSR count). The molecular weight excluding hydrogens is 326 g/mol. The number of aryl methyl sites for hydroxylation is 1. The standard InChI is InChI=1S/C18H22BrNO/c1-4-11-20-14(3)16-10-9-15(19)12-18(16)21-17-8-6-5-7-13(17)2/h5-10,12,14,20H,4,11H2,1-3H3. The van der Waals surface area contributed by atoms with Crippen molar-refractivity contribution in [2.75, 3.05) is 6.54 Å². The van der Waals surface area contributed by atoms with E-state index in [1.165, 1.54) is 5.56 Å². The first-order valence-corrected chi connectivity index (χ1v) is 8.17. The number of para-hydroxylation sites is 1. The van der Waals surface area contributed by atoms with Crippen LogP contribution in [0, 0.1) is 6.92 Å². The molecule has 0 saturated heterocycles. The van der Waals surface area contributed by atoms with Gasteiger partial charge in [-0.1, -0.05) is 47.1 Å². The van der Waals surface area contributed by atoms with Crippen molar-refractivity contribution in [3.05, 3.63) is 58.1 Å².